The van der Waals surface area contributed by atoms with Gasteiger partial charge in [0.15, 0.2) is 0 Å². The minimum absolute atomic E-state index is 0.0503. The van der Waals surface area contributed by atoms with Gasteiger partial charge in [-0.15, -0.1) is 0 Å². The Bertz CT molecular complexity index is 454. The van der Waals surface area contributed by atoms with Gasteiger partial charge < -0.3 is 20.8 Å². The van der Waals surface area contributed by atoms with E-state index in [2.05, 4.69) is 15.6 Å². The molecule has 0 radical (unpaired) electrons. The van der Waals surface area contributed by atoms with Gasteiger partial charge in [0.2, 0.25) is 0 Å². The largest absolute Gasteiger partial charge is 0.416 e. The zero-order valence-electron chi connectivity index (χ0n) is 12.0. The molecule has 0 bridgehead atoms. The van der Waals surface area contributed by atoms with Crippen molar-refractivity contribution in [3.8, 4) is 0 Å². The van der Waals surface area contributed by atoms with Crippen molar-refractivity contribution < 1.29 is 23.4 Å². The first-order valence-electron chi connectivity index (χ1n) is 6.63. The van der Waals surface area contributed by atoms with Crippen molar-refractivity contribution in [3.63, 3.8) is 0 Å². The molecule has 4 N–H and O–H groups in total. The smallest absolute Gasteiger partial charge is 0.394 e. The van der Waals surface area contributed by atoms with E-state index < -0.39 is 30.5 Å². The topological polar surface area (TPSA) is 77.4 Å². The number of aromatic nitrogens is 1. The lowest BCUT2D eigenvalue weighted by Crippen LogP contribution is -2.45. The van der Waals surface area contributed by atoms with E-state index in [0.29, 0.717) is 13.0 Å². The maximum Gasteiger partial charge on any atom is 0.416 e. The molecule has 0 atom stereocenters. The van der Waals surface area contributed by atoms with Crippen LogP contribution in [0.5, 0.6) is 0 Å². The maximum atomic E-state index is 12.9. The standard InChI is InChI=1S/C13H20F3N3O2/c1-3-12(7-20,8-21)19-11-6-9(13(14,15)16)5-10(18-11)17-4-2/h5-6,20-21H,3-4,7-8H2,1-2H3,(H2,17,18,19). The summed E-state index contributed by atoms with van der Waals surface area (Å²) < 4.78 is 38.7. The molecule has 0 aromatic carbocycles. The molecule has 0 saturated heterocycles. The Kier molecular flexibility index (Phi) is 5.79. The molecule has 1 heterocycles. The van der Waals surface area contributed by atoms with Gasteiger partial charge in [0.1, 0.15) is 11.6 Å². The average molecular weight is 307 g/mol. The second kappa shape index (κ2) is 6.95. The summed E-state index contributed by atoms with van der Waals surface area (Å²) in [6, 6.07) is 1.77. The normalized spacial score (nSPS) is 12.3. The molecule has 0 fully saturated rings. The van der Waals surface area contributed by atoms with Gasteiger partial charge in [-0.2, -0.15) is 13.2 Å². The van der Waals surface area contributed by atoms with Gasteiger partial charge in [-0.3, -0.25) is 0 Å². The first kappa shape index (κ1) is 17.5. The minimum atomic E-state index is -4.50. The van der Waals surface area contributed by atoms with Crippen LogP contribution in [-0.2, 0) is 6.18 Å². The van der Waals surface area contributed by atoms with Crippen LogP contribution in [0.15, 0.2) is 12.1 Å². The highest BCUT2D eigenvalue weighted by atomic mass is 19.4. The lowest BCUT2D eigenvalue weighted by atomic mass is 9.98. The Balaban J connectivity index is 3.19. The molecule has 21 heavy (non-hydrogen) atoms. The summed E-state index contributed by atoms with van der Waals surface area (Å²) in [6.45, 7) is 3.03. The van der Waals surface area contributed by atoms with Gasteiger partial charge in [0, 0.05) is 6.54 Å². The molecule has 0 saturated carbocycles. The van der Waals surface area contributed by atoms with Crippen molar-refractivity contribution in [3.05, 3.63) is 17.7 Å². The molecule has 0 amide bonds. The Morgan fingerprint density at radius 3 is 2.10 bits per heavy atom. The first-order valence-corrected chi connectivity index (χ1v) is 6.63. The fourth-order valence-corrected chi connectivity index (χ4v) is 1.74. The molecule has 0 spiro atoms. The highest BCUT2D eigenvalue weighted by molar-refractivity contribution is 5.51. The number of aliphatic hydroxyl groups excluding tert-OH is 2. The van der Waals surface area contributed by atoms with Crippen molar-refractivity contribution in [2.24, 2.45) is 0 Å². The van der Waals surface area contributed by atoms with E-state index in [9.17, 15) is 23.4 Å². The van der Waals surface area contributed by atoms with Crippen LogP contribution in [-0.4, -0.2) is 40.5 Å². The number of hydrogen-bond donors (Lipinski definition) is 4. The number of nitrogens with one attached hydrogen (secondary N) is 2. The highest BCUT2D eigenvalue weighted by Crippen LogP contribution is 2.32. The quantitative estimate of drug-likeness (QED) is 0.620. The SMILES string of the molecule is CCNc1cc(C(F)(F)F)cc(NC(CC)(CO)CO)n1. The van der Waals surface area contributed by atoms with E-state index in [0.717, 1.165) is 12.1 Å². The third-order valence-electron chi connectivity index (χ3n) is 3.19. The number of rotatable bonds is 7. The summed E-state index contributed by atoms with van der Waals surface area (Å²) >= 11 is 0. The molecule has 0 unspecified atom stereocenters. The van der Waals surface area contributed by atoms with Crippen LogP contribution in [0.2, 0.25) is 0 Å². The second-order valence-corrected chi connectivity index (χ2v) is 4.73. The molecule has 0 aliphatic rings. The zero-order chi connectivity index (χ0) is 16.1. The zero-order valence-corrected chi connectivity index (χ0v) is 12.0. The monoisotopic (exact) mass is 307 g/mol. The van der Waals surface area contributed by atoms with Crippen molar-refractivity contribution in [1.29, 1.82) is 0 Å². The van der Waals surface area contributed by atoms with Crippen molar-refractivity contribution in [2.75, 3.05) is 30.4 Å². The number of alkyl halides is 3. The number of nitrogens with zero attached hydrogens (tertiary/aromatic N) is 1. The third kappa shape index (κ3) is 4.47. The van der Waals surface area contributed by atoms with Gasteiger partial charge >= 0.3 is 6.18 Å². The van der Waals surface area contributed by atoms with Crippen molar-refractivity contribution >= 4 is 11.6 Å². The van der Waals surface area contributed by atoms with Crippen molar-refractivity contribution in [2.45, 2.75) is 32.0 Å². The lowest BCUT2D eigenvalue weighted by Gasteiger charge is -2.30. The van der Waals surface area contributed by atoms with Gasteiger partial charge in [0.25, 0.3) is 0 Å². The molecular formula is C13H20F3N3O2. The van der Waals surface area contributed by atoms with Gasteiger partial charge in [-0.05, 0) is 25.5 Å². The molecule has 120 valence electrons. The first-order chi connectivity index (χ1) is 9.80. The number of halogens is 3. The van der Waals surface area contributed by atoms with Gasteiger partial charge in [0.05, 0.1) is 24.3 Å². The van der Waals surface area contributed by atoms with Crippen LogP contribution in [0, 0.1) is 0 Å². The summed E-state index contributed by atoms with van der Waals surface area (Å²) in [5.74, 6) is 0.0291. The predicted octanol–water partition coefficient (Wildman–Crippen LogP) is 2.08. The van der Waals surface area contributed by atoms with Crippen LogP contribution < -0.4 is 10.6 Å². The lowest BCUT2D eigenvalue weighted by molar-refractivity contribution is -0.137. The number of pyridine rings is 1. The number of aliphatic hydroxyl groups is 2. The summed E-state index contributed by atoms with van der Waals surface area (Å²) in [5.41, 5.74) is -1.96. The van der Waals surface area contributed by atoms with Crippen LogP contribution in [0.1, 0.15) is 25.8 Å². The van der Waals surface area contributed by atoms with Crippen LogP contribution in [0.4, 0.5) is 24.8 Å². The highest BCUT2D eigenvalue weighted by Gasteiger charge is 2.33. The van der Waals surface area contributed by atoms with Crippen LogP contribution >= 0.6 is 0 Å². The summed E-state index contributed by atoms with van der Waals surface area (Å²) in [5, 5.41) is 24.1. The molecule has 1 aromatic heterocycles. The molecular weight excluding hydrogens is 287 g/mol. The van der Waals surface area contributed by atoms with E-state index >= 15 is 0 Å². The van der Waals surface area contributed by atoms with E-state index in [-0.39, 0.29) is 11.6 Å². The molecule has 0 aliphatic heterocycles. The molecule has 0 aliphatic carbocycles. The van der Waals surface area contributed by atoms with Crippen LogP contribution in [0.3, 0.4) is 0 Å². The summed E-state index contributed by atoms with van der Waals surface area (Å²) in [7, 11) is 0. The Morgan fingerprint density at radius 2 is 1.67 bits per heavy atom. The number of hydrogen-bond acceptors (Lipinski definition) is 5. The van der Waals surface area contributed by atoms with Crippen LogP contribution in [0.25, 0.3) is 0 Å². The number of anilines is 2. The average Bonchev–Trinajstić information content (AvgIpc) is 2.44. The maximum absolute atomic E-state index is 12.9. The predicted molar refractivity (Wildman–Crippen MR) is 74.2 cm³/mol. The molecule has 8 heteroatoms. The van der Waals surface area contributed by atoms with E-state index in [4.69, 9.17) is 0 Å². The Morgan fingerprint density at radius 1 is 1.10 bits per heavy atom. The third-order valence-corrected chi connectivity index (χ3v) is 3.19. The molecule has 5 nitrogen and oxygen atoms in total. The Hall–Kier alpha value is -1.54. The second-order valence-electron chi connectivity index (χ2n) is 4.73. The van der Waals surface area contributed by atoms with E-state index in [1.807, 2.05) is 0 Å². The minimum Gasteiger partial charge on any atom is -0.394 e. The fraction of sp³-hybridized carbons (Fsp3) is 0.615. The van der Waals surface area contributed by atoms with Gasteiger partial charge in [-0.25, -0.2) is 4.98 Å². The van der Waals surface area contributed by atoms with Gasteiger partial charge in [-0.1, -0.05) is 6.92 Å². The fourth-order valence-electron chi connectivity index (χ4n) is 1.74. The van der Waals surface area contributed by atoms with E-state index in [1.165, 1.54) is 0 Å². The Labute approximate surface area is 121 Å². The molecule has 1 rings (SSSR count). The molecule has 1 aromatic rings. The van der Waals surface area contributed by atoms with E-state index in [1.54, 1.807) is 13.8 Å². The van der Waals surface area contributed by atoms with Crippen molar-refractivity contribution in [1.82, 2.24) is 4.98 Å². The summed E-state index contributed by atoms with van der Waals surface area (Å²) in [6.07, 6.45) is -4.18. The summed E-state index contributed by atoms with van der Waals surface area (Å²) in [4.78, 5) is 4.02.